The highest BCUT2D eigenvalue weighted by Crippen LogP contribution is 2.20. The zero-order chi connectivity index (χ0) is 16.9. The Morgan fingerprint density at radius 2 is 2.33 bits per heavy atom. The largest absolute Gasteiger partial charge is 0.377 e. The molecule has 24 heavy (non-hydrogen) atoms. The zero-order valence-corrected chi connectivity index (χ0v) is 15.1. The number of thioether (sulfide) groups is 1. The highest BCUT2D eigenvalue weighted by atomic mass is 32.2. The summed E-state index contributed by atoms with van der Waals surface area (Å²) in [5.74, 6) is 1.38. The zero-order valence-electron chi connectivity index (χ0n) is 14.3. The first-order chi connectivity index (χ1) is 11.6. The van der Waals surface area contributed by atoms with Gasteiger partial charge in [-0.15, -0.1) is 11.8 Å². The van der Waals surface area contributed by atoms with Crippen LogP contribution < -0.4 is 5.32 Å². The molecular weight excluding hydrogens is 322 g/mol. The molecule has 3 rings (SSSR count). The molecule has 0 radical (unpaired) electrons. The fourth-order valence-electron chi connectivity index (χ4n) is 2.80. The van der Waals surface area contributed by atoms with Gasteiger partial charge in [0.05, 0.1) is 17.4 Å². The number of amides is 1. The lowest BCUT2D eigenvalue weighted by molar-refractivity contribution is -0.113. The first-order valence-electron chi connectivity index (χ1n) is 8.60. The van der Waals surface area contributed by atoms with Gasteiger partial charge in [-0.1, -0.05) is 0 Å². The minimum Gasteiger partial charge on any atom is -0.377 e. The summed E-state index contributed by atoms with van der Waals surface area (Å²) in [6.07, 6.45) is 5.86. The molecule has 1 amide bonds. The number of aromatic nitrogens is 2. The van der Waals surface area contributed by atoms with Crippen molar-refractivity contribution in [1.82, 2.24) is 9.78 Å². The highest BCUT2D eigenvalue weighted by molar-refractivity contribution is 8.00. The van der Waals surface area contributed by atoms with Gasteiger partial charge in [0.1, 0.15) is 0 Å². The van der Waals surface area contributed by atoms with E-state index in [2.05, 4.69) is 24.3 Å². The Hall–Kier alpha value is -1.53. The fourth-order valence-corrected chi connectivity index (χ4v) is 3.70. The standard InChI is InChI=1S/C18H25N3O2S/c1-13(2)21-10-14-6-7-15(9-17(14)20-21)19-18(22)12-24-11-16-5-3-4-8-23-16/h6-7,9-10,13,16H,3-5,8,11-12H2,1-2H3,(H,19,22). The van der Waals surface area contributed by atoms with Gasteiger partial charge in [0, 0.05) is 35.7 Å². The van der Waals surface area contributed by atoms with Crippen LogP contribution in [-0.2, 0) is 9.53 Å². The number of fused-ring (bicyclic) bond motifs is 1. The van der Waals surface area contributed by atoms with Crippen LogP contribution in [0.15, 0.2) is 24.4 Å². The molecule has 2 heterocycles. The van der Waals surface area contributed by atoms with Gasteiger partial charge in [-0.2, -0.15) is 5.10 Å². The van der Waals surface area contributed by atoms with Crippen LogP contribution >= 0.6 is 11.8 Å². The second-order valence-corrected chi connectivity index (χ2v) is 7.56. The van der Waals surface area contributed by atoms with E-state index in [0.29, 0.717) is 17.9 Å². The van der Waals surface area contributed by atoms with E-state index in [1.807, 2.05) is 29.1 Å². The van der Waals surface area contributed by atoms with Crippen LogP contribution in [0.4, 0.5) is 5.69 Å². The first kappa shape index (κ1) is 17.3. The molecule has 1 aliphatic rings. The SMILES string of the molecule is CC(C)n1cc2ccc(NC(=O)CSCC3CCCCO3)cc2n1. The average molecular weight is 347 g/mol. The van der Waals surface area contributed by atoms with Crippen molar-refractivity contribution in [3.63, 3.8) is 0 Å². The summed E-state index contributed by atoms with van der Waals surface area (Å²) in [5, 5.41) is 8.60. The third-order valence-corrected chi connectivity index (χ3v) is 5.22. The molecule has 1 aliphatic heterocycles. The number of carbonyl (C=O) groups excluding carboxylic acids is 1. The molecule has 1 aromatic heterocycles. The van der Waals surface area contributed by atoms with Gasteiger partial charge in [-0.3, -0.25) is 9.48 Å². The molecule has 0 spiro atoms. The summed E-state index contributed by atoms with van der Waals surface area (Å²) < 4.78 is 7.63. The number of hydrogen-bond acceptors (Lipinski definition) is 4. The predicted molar refractivity (Wildman–Crippen MR) is 99.7 cm³/mol. The summed E-state index contributed by atoms with van der Waals surface area (Å²) in [7, 11) is 0. The lowest BCUT2D eigenvalue weighted by Crippen LogP contribution is -2.22. The number of benzene rings is 1. The van der Waals surface area contributed by atoms with Crippen molar-refractivity contribution in [1.29, 1.82) is 0 Å². The molecule has 1 aromatic carbocycles. The Kier molecular flexibility index (Phi) is 5.79. The average Bonchev–Trinajstić information content (AvgIpc) is 2.99. The van der Waals surface area contributed by atoms with E-state index in [4.69, 9.17) is 4.74 Å². The predicted octanol–water partition coefficient (Wildman–Crippen LogP) is 3.86. The van der Waals surface area contributed by atoms with Crippen LogP contribution in [0.2, 0.25) is 0 Å². The van der Waals surface area contributed by atoms with Gasteiger partial charge in [0.2, 0.25) is 5.91 Å². The number of rotatable bonds is 6. The summed E-state index contributed by atoms with van der Waals surface area (Å²) in [4.78, 5) is 12.1. The molecule has 130 valence electrons. The van der Waals surface area contributed by atoms with E-state index in [9.17, 15) is 4.79 Å². The number of nitrogens with one attached hydrogen (secondary N) is 1. The van der Waals surface area contributed by atoms with Crippen LogP contribution in [0.3, 0.4) is 0 Å². The quantitative estimate of drug-likeness (QED) is 0.862. The second kappa shape index (κ2) is 8.03. The van der Waals surface area contributed by atoms with E-state index in [1.54, 1.807) is 11.8 Å². The molecule has 0 aliphatic carbocycles. The smallest absolute Gasteiger partial charge is 0.234 e. The molecule has 2 aromatic rings. The van der Waals surface area contributed by atoms with Crippen molar-refractivity contribution < 1.29 is 9.53 Å². The van der Waals surface area contributed by atoms with Crippen molar-refractivity contribution in [3.8, 4) is 0 Å². The van der Waals surface area contributed by atoms with E-state index in [-0.39, 0.29) is 5.91 Å². The first-order valence-corrected chi connectivity index (χ1v) is 9.75. The van der Waals surface area contributed by atoms with E-state index in [1.165, 1.54) is 6.42 Å². The van der Waals surface area contributed by atoms with E-state index < -0.39 is 0 Å². The monoisotopic (exact) mass is 347 g/mol. The number of anilines is 1. The molecule has 6 heteroatoms. The maximum atomic E-state index is 12.1. The molecule has 5 nitrogen and oxygen atoms in total. The van der Waals surface area contributed by atoms with Gasteiger partial charge >= 0.3 is 0 Å². The molecular formula is C18H25N3O2S. The fraction of sp³-hybridized carbons (Fsp3) is 0.556. The van der Waals surface area contributed by atoms with Crippen LogP contribution in [0.1, 0.15) is 39.2 Å². The number of hydrogen-bond donors (Lipinski definition) is 1. The maximum Gasteiger partial charge on any atom is 0.234 e. The third kappa shape index (κ3) is 4.51. The van der Waals surface area contributed by atoms with Gasteiger partial charge in [-0.05, 0) is 51.3 Å². The number of carbonyl (C=O) groups is 1. The van der Waals surface area contributed by atoms with Crippen molar-refractivity contribution >= 4 is 34.3 Å². The molecule has 1 N–H and O–H groups in total. The Bertz CT molecular complexity index is 693. The van der Waals surface area contributed by atoms with E-state index >= 15 is 0 Å². The lowest BCUT2D eigenvalue weighted by atomic mass is 10.1. The van der Waals surface area contributed by atoms with Crippen molar-refractivity contribution in [2.24, 2.45) is 0 Å². The Balaban J connectivity index is 1.51. The van der Waals surface area contributed by atoms with Gasteiger partial charge in [0.25, 0.3) is 0 Å². The Labute approximate surface area is 147 Å². The summed E-state index contributed by atoms with van der Waals surface area (Å²) in [5.41, 5.74) is 1.71. The molecule has 0 saturated carbocycles. The topological polar surface area (TPSA) is 56.2 Å². The molecule has 0 bridgehead atoms. The lowest BCUT2D eigenvalue weighted by Gasteiger charge is -2.21. The van der Waals surface area contributed by atoms with Gasteiger partial charge in [-0.25, -0.2) is 0 Å². The van der Waals surface area contributed by atoms with Gasteiger partial charge < -0.3 is 10.1 Å². The van der Waals surface area contributed by atoms with Crippen molar-refractivity contribution in [3.05, 3.63) is 24.4 Å². The maximum absolute atomic E-state index is 12.1. The normalized spacial score (nSPS) is 18.2. The summed E-state index contributed by atoms with van der Waals surface area (Å²) in [6, 6.07) is 6.19. The minimum atomic E-state index is 0.0263. The van der Waals surface area contributed by atoms with Crippen LogP contribution in [0.5, 0.6) is 0 Å². The highest BCUT2D eigenvalue weighted by Gasteiger charge is 2.14. The van der Waals surface area contributed by atoms with Crippen LogP contribution in [0, 0.1) is 0 Å². The molecule has 1 fully saturated rings. The second-order valence-electron chi connectivity index (χ2n) is 6.53. The minimum absolute atomic E-state index is 0.0263. The Morgan fingerprint density at radius 1 is 1.46 bits per heavy atom. The molecule has 1 saturated heterocycles. The molecule has 1 atom stereocenters. The van der Waals surface area contributed by atoms with Crippen LogP contribution in [-0.4, -0.2) is 39.9 Å². The number of nitrogens with zero attached hydrogens (tertiary/aromatic N) is 2. The Morgan fingerprint density at radius 3 is 3.08 bits per heavy atom. The summed E-state index contributed by atoms with van der Waals surface area (Å²) >= 11 is 1.64. The molecule has 1 unspecified atom stereocenters. The van der Waals surface area contributed by atoms with E-state index in [0.717, 1.165) is 41.8 Å². The van der Waals surface area contributed by atoms with Crippen molar-refractivity contribution in [2.45, 2.75) is 45.3 Å². The van der Waals surface area contributed by atoms with Gasteiger partial charge in [0.15, 0.2) is 0 Å². The van der Waals surface area contributed by atoms with Crippen LogP contribution in [0.25, 0.3) is 10.9 Å². The third-order valence-electron chi connectivity index (χ3n) is 4.15. The van der Waals surface area contributed by atoms with Crippen molar-refractivity contribution in [2.75, 3.05) is 23.4 Å². The number of ether oxygens (including phenoxy) is 1. The summed E-state index contributed by atoms with van der Waals surface area (Å²) in [6.45, 7) is 5.06.